The first-order valence-electron chi connectivity index (χ1n) is 13.3. The first-order valence-corrected chi connectivity index (χ1v) is 13.3. The summed E-state index contributed by atoms with van der Waals surface area (Å²) in [6.07, 6.45) is 0. The van der Waals surface area contributed by atoms with Gasteiger partial charge in [-0.2, -0.15) is 0 Å². The van der Waals surface area contributed by atoms with Crippen molar-refractivity contribution >= 4 is 34.3 Å². The van der Waals surface area contributed by atoms with Crippen LogP contribution in [0.5, 0.6) is 11.5 Å². The van der Waals surface area contributed by atoms with Gasteiger partial charge in [-0.3, -0.25) is 9.59 Å². The third kappa shape index (κ3) is 4.81. The number of carbonyl (C=O) groups excluding carboxylic acids is 2. The lowest BCUT2D eigenvalue weighted by Crippen LogP contribution is -2.24. The molecule has 0 aliphatic heterocycles. The molecule has 0 aromatic heterocycles. The van der Waals surface area contributed by atoms with Crippen LogP contribution in [0.25, 0.3) is 0 Å². The van der Waals surface area contributed by atoms with Crippen LogP contribution >= 0.6 is 0 Å². The van der Waals surface area contributed by atoms with Crippen LogP contribution in [0.4, 0.5) is 22.7 Å². The average Bonchev–Trinajstić information content (AvgIpc) is 2.89. The van der Waals surface area contributed by atoms with Gasteiger partial charge in [-0.05, 0) is 70.5 Å². The topological polar surface area (TPSA) is 98.7 Å². The maximum Gasteiger partial charge on any atom is 0.200 e. The van der Waals surface area contributed by atoms with E-state index in [1.807, 2.05) is 48.5 Å². The minimum atomic E-state index is -0.543. The lowest BCUT2D eigenvalue weighted by Gasteiger charge is -2.25. The van der Waals surface area contributed by atoms with Crippen molar-refractivity contribution in [3.05, 3.63) is 106 Å². The van der Waals surface area contributed by atoms with Crippen LogP contribution in [0.15, 0.2) is 72.8 Å². The number of hydrogen-bond acceptors (Lipinski definition) is 6. The number of nitrogens with one attached hydrogen (secondary N) is 2. The number of phenolic OH excluding ortho intramolecular Hbond substituents is 2. The summed E-state index contributed by atoms with van der Waals surface area (Å²) in [5.41, 5.74) is 4.53. The van der Waals surface area contributed by atoms with E-state index >= 15 is 0 Å². The molecule has 4 N–H and O–H groups in total. The summed E-state index contributed by atoms with van der Waals surface area (Å²) in [6.45, 7) is 12.8. The van der Waals surface area contributed by atoms with Crippen molar-refractivity contribution in [3.8, 4) is 11.5 Å². The second kappa shape index (κ2) is 9.56. The van der Waals surface area contributed by atoms with E-state index in [2.05, 4.69) is 52.2 Å². The molecule has 0 saturated carbocycles. The Hall–Kier alpha value is -4.58. The Kier molecular flexibility index (Phi) is 6.45. The predicted molar refractivity (Wildman–Crippen MR) is 160 cm³/mol. The number of carbonyl (C=O) groups is 2. The summed E-state index contributed by atoms with van der Waals surface area (Å²) in [7, 11) is 0. The number of anilines is 4. The molecule has 0 unspecified atom stereocenters. The number of fused-ring (bicyclic) bond motifs is 2. The van der Waals surface area contributed by atoms with Gasteiger partial charge in [0.2, 0.25) is 11.6 Å². The Morgan fingerprint density at radius 3 is 1.10 bits per heavy atom. The molecule has 0 bridgehead atoms. The van der Waals surface area contributed by atoms with E-state index in [-0.39, 0.29) is 44.6 Å². The highest BCUT2D eigenvalue weighted by Crippen LogP contribution is 2.43. The monoisotopic (exact) mass is 534 g/mol. The molecule has 4 aromatic carbocycles. The molecule has 6 nitrogen and oxygen atoms in total. The molecule has 6 heteroatoms. The van der Waals surface area contributed by atoms with Crippen molar-refractivity contribution in [1.29, 1.82) is 0 Å². The minimum Gasteiger partial charge on any atom is -0.507 e. The Labute approximate surface area is 234 Å². The number of ketones is 2. The fourth-order valence-corrected chi connectivity index (χ4v) is 4.99. The van der Waals surface area contributed by atoms with Gasteiger partial charge >= 0.3 is 0 Å². The second-order valence-electron chi connectivity index (χ2n) is 12.3. The molecule has 0 heterocycles. The van der Waals surface area contributed by atoms with Gasteiger partial charge in [0.25, 0.3) is 0 Å². The maximum absolute atomic E-state index is 13.9. The highest BCUT2D eigenvalue weighted by molar-refractivity contribution is 6.33. The van der Waals surface area contributed by atoms with Gasteiger partial charge in [0.15, 0.2) is 0 Å². The van der Waals surface area contributed by atoms with Gasteiger partial charge in [-0.1, -0.05) is 65.8 Å². The van der Waals surface area contributed by atoms with Gasteiger partial charge in [-0.15, -0.1) is 0 Å². The van der Waals surface area contributed by atoms with E-state index in [0.717, 1.165) is 22.5 Å². The van der Waals surface area contributed by atoms with Crippen LogP contribution in [0.2, 0.25) is 0 Å². The second-order valence-corrected chi connectivity index (χ2v) is 12.3. The van der Waals surface area contributed by atoms with Crippen molar-refractivity contribution in [2.24, 2.45) is 0 Å². The molecule has 0 atom stereocenters. The molecule has 1 aliphatic carbocycles. The molecule has 1 aliphatic rings. The van der Waals surface area contributed by atoms with Crippen LogP contribution in [0.3, 0.4) is 0 Å². The van der Waals surface area contributed by atoms with Crippen LogP contribution in [-0.4, -0.2) is 21.8 Å². The number of aromatic hydroxyl groups is 2. The SMILES string of the molecule is CC(C)(C)c1ccc(Nc2ccc(Nc3ccc(C(C)(C)C)cc3)c3c2C(=O)c2c(O)ccc(O)c2C3=O)cc1. The van der Waals surface area contributed by atoms with Crippen molar-refractivity contribution in [1.82, 2.24) is 0 Å². The van der Waals surface area contributed by atoms with E-state index in [1.165, 1.54) is 12.1 Å². The first kappa shape index (κ1) is 27.0. The molecule has 4 aromatic rings. The van der Waals surface area contributed by atoms with Crippen molar-refractivity contribution in [3.63, 3.8) is 0 Å². The third-order valence-electron chi connectivity index (χ3n) is 7.33. The van der Waals surface area contributed by atoms with Crippen molar-refractivity contribution in [2.75, 3.05) is 10.6 Å². The highest BCUT2D eigenvalue weighted by Gasteiger charge is 2.38. The summed E-state index contributed by atoms with van der Waals surface area (Å²) < 4.78 is 0. The van der Waals surface area contributed by atoms with Crippen molar-refractivity contribution < 1.29 is 19.8 Å². The number of benzene rings is 4. The quantitative estimate of drug-likeness (QED) is 0.175. The zero-order valence-electron chi connectivity index (χ0n) is 23.6. The normalized spacial score (nSPS) is 13.1. The van der Waals surface area contributed by atoms with Crippen LogP contribution in [0.1, 0.15) is 84.5 Å². The zero-order valence-corrected chi connectivity index (χ0v) is 23.6. The summed E-state index contributed by atoms with van der Waals surface area (Å²) in [6, 6.07) is 21.8. The maximum atomic E-state index is 13.9. The van der Waals surface area contributed by atoms with E-state index in [0.29, 0.717) is 11.4 Å². The summed E-state index contributed by atoms with van der Waals surface area (Å²) in [5.74, 6) is -1.79. The van der Waals surface area contributed by atoms with Crippen LogP contribution < -0.4 is 10.6 Å². The standard InChI is InChI=1S/C34H34N2O4/c1-33(2,3)19-7-11-21(12-8-19)35-23-15-16-24(36-22-13-9-20(10-14-22)34(4,5)6)28-27(23)31(39)29-25(37)17-18-26(38)30(29)32(28)40/h7-18,35-38H,1-6H3. The molecule has 5 rings (SSSR count). The molecule has 0 saturated heterocycles. The molecular formula is C34H34N2O4. The molecule has 40 heavy (non-hydrogen) atoms. The van der Waals surface area contributed by atoms with E-state index in [4.69, 9.17) is 0 Å². The minimum absolute atomic E-state index is 0.0122. The van der Waals surface area contributed by atoms with Gasteiger partial charge < -0.3 is 20.8 Å². The van der Waals surface area contributed by atoms with Crippen molar-refractivity contribution in [2.45, 2.75) is 52.4 Å². The van der Waals surface area contributed by atoms with E-state index < -0.39 is 11.6 Å². The fraction of sp³-hybridized carbons (Fsp3) is 0.235. The third-order valence-corrected chi connectivity index (χ3v) is 7.33. The largest absolute Gasteiger partial charge is 0.507 e. The van der Waals surface area contributed by atoms with Gasteiger partial charge in [0, 0.05) is 11.4 Å². The van der Waals surface area contributed by atoms with Crippen LogP contribution in [-0.2, 0) is 10.8 Å². The summed E-state index contributed by atoms with van der Waals surface area (Å²) in [5, 5.41) is 27.7. The number of phenols is 2. The first-order chi connectivity index (χ1) is 18.8. The Morgan fingerprint density at radius 2 is 0.800 bits per heavy atom. The molecular weight excluding hydrogens is 500 g/mol. The number of rotatable bonds is 4. The Balaban J connectivity index is 1.62. The Bertz CT molecular complexity index is 1510. The van der Waals surface area contributed by atoms with Gasteiger partial charge in [0.05, 0.1) is 33.6 Å². The molecule has 204 valence electrons. The molecule has 0 spiro atoms. The van der Waals surface area contributed by atoms with E-state index in [1.54, 1.807) is 12.1 Å². The average molecular weight is 535 g/mol. The molecule has 0 radical (unpaired) electrons. The lowest BCUT2D eigenvalue weighted by molar-refractivity contribution is 0.0975. The smallest absolute Gasteiger partial charge is 0.200 e. The zero-order chi connectivity index (χ0) is 29.0. The predicted octanol–water partition coefficient (Wildman–Crippen LogP) is 7.96. The van der Waals surface area contributed by atoms with Gasteiger partial charge in [0.1, 0.15) is 11.5 Å². The van der Waals surface area contributed by atoms with Crippen LogP contribution in [0, 0.1) is 0 Å². The Morgan fingerprint density at radius 1 is 0.475 bits per heavy atom. The molecule has 0 fully saturated rings. The van der Waals surface area contributed by atoms with Gasteiger partial charge in [-0.25, -0.2) is 0 Å². The fourth-order valence-electron chi connectivity index (χ4n) is 4.99. The molecule has 0 amide bonds. The summed E-state index contributed by atoms with van der Waals surface area (Å²) >= 11 is 0. The summed E-state index contributed by atoms with van der Waals surface area (Å²) in [4.78, 5) is 27.8. The van der Waals surface area contributed by atoms with E-state index in [9.17, 15) is 19.8 Å². The highest BCUT2D eigenvalue weighted by atomic mass is 16.3. The lowest BCUT2D eigenvalue weighted by atomic mass is 9.81. The number of hydrogen-bond donors (Lipinski definition) is 4.